The van der Waals surface area contributed by atoms with Crippen LogP contribution in [0.25, 0.3) is 0 Å². The van der Waals surface area contributed by atoms with E-state index >= 15 is 0 Å². The first-order valence-corrected chi connectivity index (χ1v) is 4.99. The minimum absolute atomic E-state index is 0.123. The van der Waals surface area contributed by atoms with Gasteiger partial charge in [0.1, 0.15) is 11.7 Å². The first-order chi connectivity index (χ1) is 8.56. The Morgan fingerprint density at radius 1 is 1.22 bits per heavy atom. The second kappa shape index (κ2) is 4.79. The molecule has 1 heterocycles. The molecular weight excluding hydrogens is 240 g/mol. The number of pyridine rings is 1. The SMILES string of the molecule is N=C(N)c1ccc(Oc2ccc(F)cc2F)nc1. The van der Waals surface area contributed by atoms with Gasteiger partial charge < -0.3 is 10.5 Å². The monoisotopic (exact) mass is 249 g/mol. The summed E-state index contributed by atoms with van der Waals surface area (Å²) in [6.45, 7) is 0. The summed E-state index contributed by atoms with van der Waals surface area (Å²) >= 11 is 0. The maximum Gasteiger partial charge on any atom is 0.219 e. The summed E-state index contributed by atoms with van der Waals surface area (Å²) in [5, 5.41) is 7.18. The molecule has 0 radical (unpaired) electrons. The van der Waals surface area contributed by atoms with E-state index in [0.717, 1.165) is 12.1 Å². The molecule has 0 saturated heterocycles. The molecular formula is C12H9F2N3O. The Labute approximate surface area is 102 Å². The summed E-state index contributed by atoms with van der Waals surface area (Å²) in [5.41, 5.74) is 5.69. The Morgan fingerprint density at radius 3 is 2.56 bits per heavy atom. The molecule has 0 spiro atoms. The lowest BCUT2D eigenvalue weighted by Crippen LogP contribution is -2.11. The number of ether oxygens (including phenoxy) is 1. The van der Waals surface area contributed by atoms with E-state index in [-0.39, 0.29) is 17.5 Å². The third-order valence-corrected chi connectivity index (χ3v) is 2.16. The molecule has 0 bridgehead atoms. The van der Waals surface area contributed by atoms with Crippen LogP contribution in [0.2, 0.25) is 0 Å². The maximum absolute atomic E-state index is 13.3. The van der Waals surface area contributed by atoms with Gasteiger partial charge in [-0.3, -0.25) is 5.41 Å². The lowest BCUT2D eigenvalue weighted by atomic mass is 10.3. The van der Waals surface area contributed by atoms with Crippen LogP contribution < -0.4 is 10.5 Å². The number of nitrogens with two attached hydrogens (primary N) is 1. The molecule has 4 nitrogen and oxygen atoms in total. The van der Waals surface area contributed by atoms with Crippen molar-refractivity contribution in [3.63, 3.8) is 0 Å². The standard InChI is InChI=1S/C12H9F2N3O/c13-8-2-3-10(9(14)5-8)18-11-4-1-7(6-17-11)12(15)16/h1-6H,(H3,15,16). The average Bonchev–Trinajstić information content (AvgIpc) is 2.33. The zero-order valence-corrected chi connectivity index (χ0v) is 9.15. The fourth-order valence-corrected chi connectivity index (χ4v) is 1.27. The molecule has 0 saturated carbocycles. The molecule has 0 amide bonds. The van der Waals surface area contributed by atoms with Crippen molar-refractivity contribution in [2.75, 3.05) is 0 Å². The Bertz CT molecular complexity index is 584. The molecule has 0 atom stereocenters. The van der Waals surface area contributed by atoms with E-state index in [2.05, 4.69) is 4.98 Å². The number of amidine groups is 1. The largest absolute Gasteiger partial charge is 0.436 e. The van der Waals surface area contributed by atoms with E-state index in [1.165, 1.54) is 24.4 Å². The highest BCUT2D eigenvalue weighted by Gasteiger charge is 2.07. The molecule has 0 aliphatic rings. The summed E-state index contributed by atoms with van der Waals surface area (Å²) in [5.74, 6) is -1.61. The summed E-state index contributed by atoms with van der Waals surface area (Å²) in [6, 6.07) is 5.94. The van der Waals surface area contributed by atoms with Crippen molar-refractivity contribution in [2.45, 2.75) is 0 Å². The minimum Gasteiger partial charge on any atom is -0.436 e. The Hall–Kier alpha value is -2.50. The second-order valence-electron chi connectivity index (χ2n) is 3.48. The van der Waals surface area contributed by atoms with Crippen molar-refractivity contribution >= 4 is 5.84 Å². The fourth-order valence-electron chi connectivity index (χ4n) is 1.27. The summed E-state index contributed by atoms with van der Waals surface area (Å²) in [6.07, 6.45) is 1.33. The Kier molecular flexibility index (Phi) is 3.18. The normalized spacial score (nSPS) is 10.1. The first kappa shape index (κ1) is 12.0. The summed E-state index contributed by atoms with van der Waals surface area (Å²) < 4.78 is 31.1. The number of nitrogens with zero attached hydrogens (tertiary/aromatic N) is 1. The highest BCUT2D eigenvalue weighted by atomic mass is 19.1. The predicted molar refractivity (Wildman–Crippen MR) is 61.7 cm³/mol. The number of hydrogen-bond acceptors (Lipinski definition) is 3. The van der Waals surface area contributed by atoms with Gasteiger partial charge in [-0.15, -0.1) is 0 Å². The van der Waals surface area contributed by atoms with Crippen molar-refractivity contribution < 1.29 is 13.5 Å². The van der Waals surface area contributed by atoms with E-state index in [1.807, 2.05) is 0 Å². The van der Waals surface area contributed by atoms with Gasteiger partial charge in [0.2, 0.25) is 5.88 Å². The average molecular weight is 249 g/mol. The Morgan fingerprint density at radius 2 is 2.00 bits per heavy atom. The first-order valence-electron chi connectivity index (χ1n) is 4.99. The van der Waals surface area contributed by atoms with Crippen LogP contribution in [0.15, 0.2) is 36.5 Å². The minimum atomic E-state index is -0.813. The van der Waals surface area contributed by atoms with E-state index in [0.29, 0.717) is 5.56 Å². The van der Waals surface area contributed by atoms with Crippen LogP contribution in [0, 0.1) is 17.0 Å². The van der Waals surface area contributed by atoms with Crippen LogP contribution in [0.4, 0.5) is 8.78 Å². The van der Waals surface area contributed by atoms with Crippen LogP contribution in [0.3, 0.4) is 0 Å². The fraction of sp³-hybridized carbons (Fsp3) is 0. The Balaban J connectivity index is 2.21. The smallest absolute Gasteiger partial charge is 0.219 e. The number of hydrogen-bond donors (Lipinski definition) is 2. The van der Waals surface area contributed by atoms with Crippen molar-refractivity contribution in [3.05, 3.63) is 53.7 Å². The lowest BCUT2D eigenvalue weighted by molar-refractivity contribution is 0.423. The third-order valence-electron chi connectivity index (χ3n) is 2.16. The van der Waals surface area contributed by atoms with Crippen LogP contribution >= 0.6 is 0 Å². The third kappa shape index (κ3) is 2.60. The number of halogens is 2. The predicted octanol–water partition coefficient (Wildman–Crippen LogP) is 2.44. The number of aromatic nitrogens is 1. The van der Waals surface area contributed by atoms with Crippen LogP contribution in [0.5, 0.6) is 11.6 Å². The van der Waals surface area contributed by atoms with Crippen molar-refractivity contribution in [1.29, 1.82) is 5.41 Å². The molecule has 1 aromatic heterocycles. The van der Waals surface area contributed by atoms with Gasteiger partial charge in [0.05, 0.1) is 0 Å². The van der Waals surface area contributed by atoms with Crippen molar-refractivity contribution in [2.24, 2.45) is 5.73 Å². The van der Waals surface area contributed by atoms with E-state index in [4.69, 9.17) is 15.9 Å². The zero-order valence-electron chi connectivity index (χ0n) is 9.15. The molecule has 2 aromatic rings. The highest BCUT2D eigenvalue weighted by molar-refractivity contribution is 5.94. The van der Waals surface area contributed by atoms with Crippen LogP contribution in [-0.2, 0) is 0 Å². The lowest BCUT2D eigenvalue weighted by Gasteiger charge is -2.06. The number of rotatable bonds is 3. The molecule has 0 aliphatic carbocycles. The summed E-state index contributed by atoms with van der Waals surface area (Å²) in [4.78, 5) is 3.86. The molecule has 3 N–H and O–H groups in total. The summed E-state index contributed by atoms with van der Waals surface area (Å²) in [7, 11) is 0. The van der Waals surface area contributed by atoms with Gasteiger partial charge in [-0.2, -0.15) is 0 Å². The molecule has 0 aliphatic heterocycles. The van der Waals surface area contributed by atoms with Crippen molar-refractivity contribution in [3.8, 4) is 11.6 Å². The molecule has 18 heavy (non-hydrogen) atoms. The van der Waals surface area contributed by atoms with Crippen molar-refractivity contribution in [1.82, 2.24) is 4.98 Å². The number of nitrogens with one attached hydrogen (secondary N) is 1. The second-order valence-corrected chi connectivity index (χ2v) is 3.48. The molecule has 2 rings (SSSR count). The quantitative estimate of drug-likeness (QED) is 0.648. The number of nitrogen functional groups attached to an aromatic ring is 1. The maximum atomic E-state index is 13.3. The molecule has 92 valence electrons. The molecule has 0 fully saturated rings. The number of benzene rings is 1. The van der Waals surface area contributed by atoms with Gasteiger partial charge in [-0.05, 0) is 18.2 Å². The van der Waals surface area contributed by atoms with E-state index in [9.17, 15) is 8.78 Å². The molecule has 6 heteroatoms. The topological polar surface area (TPSA) is 72.0 Å². The van der Waals surface area contributed by atoms with Gasteiger partial charge in [-0.25, -0.2) is 13.8 Å². The van der Waals surface area contributed by atoms with Gasteiger partial charge in [0.25, 0.3) is 0 Å². The zero-order chi connectivity index (χ0) is 13.1. The van der Waals surface area contributed by atoms with Gasteiger partial charge in [0, 0.05) is 23.9 Å². The van der Waals surface area contributed by atoms with Crippen LogP contribution in [-0.4, -0.2) is 10.8 Å². The van der Waals surface area contributed by atoms with Gasteiger partial charge in [-0.1, -0.05) is 0 Å². The van der Waals surface area contributed by atoms with E-state index < -0.39 is 11.6 Å². The van der Waals surface area contributed by atoms with Crippen LogP contribution in [0.1, 0.15) is 5.56 Å². The molecule has 0 unspecified atom stereocenters. The van der Waals surface area contributed by atoms with Gasteiger partial charge in [0.15, 0.2) is 11.6 Å². The highest BCUT2D eigenvalue weighted by Crippen LogP contribution is 2.23. The molecule has 1 aromatic carbocycles. The van der Waals surface area contributed by atoms with Gasteiger partial charge >= 0.3 is 0 Å². The van der Waals surface area contributed by atoms with E-state index in [1.54, 1.807) is 0 Å².